The van der Waals surface area contributed by atoms with Gasteiger partial charge in [0.25, 0.3) is 0 Å². The van der Waals surface area contributed by atoms with Crippen LogP contribution in [0.15, 0.2) is 75.9 Å². The van der Waals surface area contributed by atoms with Crippen LogP contribution in [0.5, 0.6) is 0 Å². The molecule has 6 nitrogen and oxygen atoms in total. The van der Waals surface area contributed by atoms with Crippen LogP contribution in [0.1, 0.15) is 30.5 Å². The number of methoxy groups -OCH3 is 1. The third-order valence-corrected chi connectivity index (χ3v) is 6.25. The van der Waals surface area contributed by atoms with Crippen molar-refractivity contribution in [2.24, 2.45) is 4.99 Å². The van der Waals surface area contributed by atoms with Crippen molar-refractivity contribution in [1.82, 2.24) is 4.90 Å². The molecule has 1 amide bonds. The summed E-state index contributed by atoms with van der Waals surface area (Å²) in [6.45, 7) is 3.78. The monoisotopic (exact) mass is 451 g/mol. The van der Waals surface area contributed by atoms with Crippen LogP contribution in [0.25, 0.3) is 0 Å². The van der Waals surface area contributed by atoms with E-state index in [1.54, 1.807) is 6.92 Å². The van der Waals surface area contributed by atoms with E-state index >= 15 is 0 Å². The van der Waals surface area contributed by atoms with Gasteiger partial charge in [0.2, 0.25) is 5.91 Å². The molecule has 2 aliphatic rings. The summed E-state index contributed by atoms with van der Waals surface area (Å²) in [6.07, 6.45) is 0.0687. The largest absolute Gasteiger partial charge is 0.466 e. The van der Waals surface area contributed by atoms with Gasteiger partial charge >= 0.3 is 5.97 Å². The molecule has 0 bridgehead atoms. The fraction of sp³-hybridized carbons (Fsp3) is 0.208. The Labute approximate surface area is 189 Å². The molecule has 2 heterocycles. The average Bonchev–Trinajstić information content (AvgIpc) is 3.16. The molecule has 0 saturated heterocycles. The van der Waals surface area contributed by atoms with Gasteiger partial charge in [-0.05, 0) is 54.6 Å². The fourth-order valence-electron chi connectivity index (χ4n) is 3.83. The lowest BCUT2D eigenvalue weighted by Crippen LogP contribution is -2.37. The Hall–Kier alpha value is -3.39. The van der Waals surface area contributed by atoms with Crippen molar-refractivity contribution >= 4 is 34.5 Å². The fourth-order valence-corrected chi connectivity index (χ4v) is 4.80. The number of amides is 1. The zero-order valence-electron chi connectivity index (χ0n) is 17.9. The van der Waals surface area contributed by atoms with Crippen LogP contribution in [0, 0.1) is 12.7 Å². The quantitative estimate of drug-likeness (QED) is 0.654. The van der Waals surface area contributed by atoms with Gasteiger partial charge < -0.3 is 15.0 Å². The Bertz CT molecular complexity index is 1170. The lowest BCUT2D eigenvalue weighted by atomic mass is 9.91. The van der Waals surface area contributed by atoms with Crippen LogP contribution in [0.2, 0.25) is 0 Å². The third-order valence-electron chi connectivity index (χ3n) is 5.36. The first-order valence-electron chi connectivity index (χ1n) is 10.0. The lowest BCUT2D eigenvalue weighted by molar-refractivity contribution is -0.136. The number of ether oxygens (including phenoxy) is 1. The smallest absolute Gasteiger partial charge is 0.338 e. The summed E-state index contributed by atoms with van der Waals surface area (Å²) in [4.78, 5) is 32.0. The molecular weight excluding hydrogens is 429 g/mol. The highest BCUT2D eigenvalue weighted by molar-refractivity contribution is 8.16. The number of hydrogen-bond acceptors (Lipinski definition) is 6. The Balaban J connectivity index is 1.67. The van der Waals surface area contributed by atoms with Crippen molar-refractivity contribution in [2.45, 2.75) is 26.3 Å². The number of carbonyl (C=O) groups is 2. The number of fused-ring (bicyclic) bond motifs is 1. The first-order valence-corrected chi connectivity index (χ1v) is 10.9. The summed E-state index contributed by atoms with van der Waals surface area (Å²) < 4.78 is 18.2. The molecule has 4 rings (SSSR count). The number of aliphatic imine (C=N–C) groups is 1. The number of rotatable bonds is 5. The second-order valence-electron chi connectivity index (χ2n) is 7.47. The van der Waals surface area contributed by atoms with Gasteiger partial charge in [0, 0.05) is 11.4 Å². The van der Waals surface area contributed by atoms with Gasteiger partial charge in [-0.1, -0.05) is 36.0 Å². The number of nitrogens with zero attached hydrogens (tertiary/aromatic N) is 2. The number of benzene rings is 2. The first-order chi connectivity index (χ1) is 15.4. The lowest BCUT2D eigenvalue weighted by Gasteiger charge is -2.36. The van der Waals surface area contributed by atoms with Crippen LogP contribution >= 0.6 is 11.8 Å². The summed E-state index contributed by atoms with van der Waals surface area (Å²) in [7, 11) is 1.35. The zero-order chi connectivity index (χ0) is 22.8. The minimum Gasteiger partial charge on any atom is -0.466 e. The number of amidine groups is 1. The van der Waals surface area contributed by atoms with Gasteiger partial charge in [-0.2, -0.15) is 0 Å². The van der Waals surface area contributed by atoms with Crippen LogP contribution < -0.4 is 5.32 Å². The molecule has 0 aliphatic carbocycles. The maximum Gasteiger partial charge on any atom is 0.338 e. The van der Waals surface area contributed by atoms with Crippen molar-refractivity contribution in [2.75, 3.05) is 12.4 Å². The van der Waals surface area contributed by atoms with Gasteiger partial charge in [0.15, 0.2) is 5.17 Å². The van der Waals surface area contributed by atoms with Crippen LogP contribution in [0.3, 0.4) is 0 Å². The molecule has 2 aliphatic heterocycles. The number of hydrogen-bond donors (Lipinski definition) is 1. The normalized spacial score (nSPS) is 17.5. The molecule has 2 aromatic rings. The van der Waals surface area contributed by atoms with Crippen molar-refractivity contribution in [1.29, 1.82) is 0 Å². The van der Waals surface area contributed by atoms with Gasteiger partial charge in [0.05, 0.1) is 30.8 Å². The SMILES string of the molecule is COC(=O)C1=C(C)N=C2SC=C(CC(=O)Nc3ccc(F)cc3)N2[C@H]1c1ccccc1C. The predicted molar refractivity (Wildman–Crippen MR) is 123 cm³/mol. The van der Waals surface area contributed by atoms with Gasteiger partial charge in [0.1, 0.15) is 5.82 Å². The highest BCUT2D eigenvalue weighted by atomic mass is 32.2. The zero-order valence-corrected chi connectivity index (χ0v) is 18.7. The number of aryl methyl sites for hydroxylation is 1. The molecule has 8 heteroatoms. The number of nitrogens with one attached hydrogen (secondary N) is 1. The Kier molecular flexibility index (Phi) is 6.14. The third kappa shape index (κ3) is 4.18. The summed E-state index contributed by atoms with van der Waals surface area (Å²) in [5, 5.41) is 5.36. The van der Waals surface area contributed by atoms with Crippen molar-refractivity contribution in [3.8, 4) is 0 Å². The van der Waals surface area contributed by atoms with E-state index in [0.29, 0.717) is 22.1 Å². The van der Waals surface area contributed by atoms with E-state index in [-0.39, 0.29) is 18.1 Å². The summed E-state index contributed by atoms with van der Waals surface area (Å²) in [6, 6.07) is 13.0. The van der Waals surface area contributed by atoms with Gasteiger partial charge in [-0.3, -0.25) is 4.79 Å². The van der Waals surface area contributed by atoms with Crippen molar-refractivity contribution in [3.63, 3.8) is 0 Å². The number of anilines is 1. The van der Waals surface area contributed by atoms with Crippen molar-refractivity contribution in [3.05, 3.63) is 87.9 Å². The molecule has 0 fully saturated rings. The van der Waals surface area contributed by atoms with E-state index in [1.807, 2.05) is 41.5 Å². The number of allylic oxidation sites excluding steroid dienone is 1. The minimum atomic E-state index is -0.462. The van der Waals surface area contributed by atoms with Crippen molar-refractivity contribution < 1.29 is 18.7 Å². The number of esters is 1. The molecule has 0 unspecified atom stereocenters. The molecule has 1 atom stereocenters. The van der Waals surface area contributed by atoms with Crippen LogP contribution in [-0.4, -0.2) is 29.1 Å². The van der Waals surface area contributed by atoms with Crippen LogP contribution in [0.4, 0.5) is 10.1 Å². The van der Waals surface area contributed by atoms with E-state index in [9.17, 15) is 14.0 Å². The standard InChI is InChI=1S/C24H22FN3O3S/c1-14-6-4-5-7-19(14)22-21(23(30)31-3)15(2)26-24-28(22)18(13-32-24)12-20(29)27-17-10-8-16(25)9-11-17/h4-11,13,22H,12H2,1-3H3,(H,27,29)/t22-/m0/s1. The first kappa shape index (κ1) is 21.8. The van der Waals surface area contributed by atoms with E-state index in [1.165, 1.54) is 43.1 Å². The topological polar surface area (TPSA) is 71.0 Å². The number of carbonyl (C=O) groups excluding carboxylic acids is 2. The highest BCUT2D eigenvalue weighted by Crippen LogP contribution is 2.45. The predicted octanol–water partition coefficient (Wildman–Crippen LogP) is 4.91. The summed E-state index contributed by atoms with van der Waals surface area (Å²) in [5.74, 6) is -1.07. The Morgan fingerprint density at radius 3 is 2.56 bits per heavy atom. The van der Waals surface area contributed by atoms with Gasteiger partial charge in [-0.15, -0.1) is 0 Å². The van der Waals surface area contributed by atoms with Gasteiger partial charge in [-0.25, -0.2) is 14.2 Å². The molecule has 32 heavy (non-hydrogen) atoms. The average molecular weight is 452 g/mol. The molecule has 2 aromatic carbocycles. The highest BCUT2D eigenvalue weighted by Gasteiger charge is 2.41. The van der Waals surface area contributed by atoms with E-state index in [0.717, 1.165) is 16.8 Å². The second-order valence-corrected chi connectivity index (χ2v) is 8.31. The number of thioether (sulfide) groups is 1. The maximum absolute atomic E-state index is 13.2. The molecule has 0 spiro atoms. The molecule has 0 aromatic heterocycles. The summed E-state index contributed by atoms with van der Waals surface area (Å²) in [5.41, 5.74) is 4.21. The molecule has 1 N–H and O–H groups in total. The molecule has 0 radical (unpaired) electrons. The maximum atomic E-state index is 13.2. The molecular formula is C24H22FN3O3S. The van der Waals surface area contributed by atoms with E-state index in [4.69, 9.17) is 4.74 Å². The van der Waals surface area contributed by atoms with Crippen LogP contribution in [-0.2, 0) is 14.3 Å². The van der Waals surface area contributed by atoms with E-state index in [2.05, 4.69) is 10.3 Å². The molecule has 164 valence electrons. The number of halogens is 1. The second kappa shape index (κ2) is 9.00. The Morgan fingerprint density at radius 2 is 1.88 bits per heavy atom. The van der Waals surface area contributed by atoms with E-state index < -0.39 is 12.0 Å². The minimum absolute atomic E-state index is 0.0687. The summed E-state index contributed by atoms with van der Waals surface area (Å²) >= 11 is 1.41. The Morgan fingerprint density at radius 1 is 1.16 bits per heavy atom. The molecule has 0 saturated carbocycles.